The Morgan fingerprint density at radius 1 is 1.50 bits per heavy atom. The van der Waals surface area contributed by atoms with Crippen LogP contribution < -0.4 is 0 Å². The molecular weight excluding hydrogens is 268 g/mol. The number of hydrogen-bond donors (Lipinski definition) is 0. The lowest BCUT2D eigenvalue weighted by Gasteiger charge is -2.09. The van der Waals surface area contributed by atoms with E-state index in [0.29, 0.717) is 12.3 Å². The van der Waals surface area contributed by atoms with E-state index >= 15 is 0 Å². The number of alkyl halides is 1. The molecule has 0 radical (unpaired) electrons. The highest BCUT2D eigenvalue weighted by Gasteiger charge is 2.14. The van der Waals surface area contributed by atoms with Crippen molar-refractivity contribution in [1.82, 2.24) is 9.55 Å². The number of benzene rings is 1. The van der Waals surface area contributed by atoms with Gasteiger partial charge in [0.05, 0.1) is 16.4 Å². The summed E-state index contributed by atoms with van der Waals surface area (Å²) in [6.07, 6.45) is 1.72. The molecule has 0 aliphatic rings. The number of imidazole rings is 1. The second-order valence-corrected chi connectivity index (χ2v) is 6.72. The molecule has 1 heterocycles. The Morgan fingerprint density at radius 2 is 2.22 bits per heavy atom. The third kappa shape index (κ3) is 2.75. The first-order valence-corrected chi connectivity index (χ1v) is 8.06. The molecule has 0 saturated carbocycles. The van der Waals surface area contributed by atoms with Crippen LogP contribution in [-0.2, 0) is 17.3 Å². The predicted molar refractivity (Wildman–Crippen MR) is 77.7 cm³/mol. The summed E-state index contributed by atoms with van der Waals surface area (Å²) in [5.74, 6) is 1.47. The van der Waals surface area contributed by atoms with Gasteiger partial charge in [-0.2, -0.15) is 0 Å². The number of nitrogens with zero attached hydrogens (tertiary/aromatic N) is 2. The van der Waals surface area contributed by atoms with E-state index in [1.54, 1.807) is 6.26 Å². The van der Waals surface area contributed by atoms with Crippen LogP contribution in [0.2, 0.25) is 0 Å². The maximum Gasteiger partial charge on any atom is 0.127 e. The number of fused-ring (bicyclic) bond motifs is 1. The summed E-state index contributed by atoms with van der Waals surface area (Å²) >= 11 is 6.18. The number of aromatic nitrogens is 2. The Hall–Kier alpha value is -0.870. The molecule has 0 aliphatic heterocycles. The van der Waals surface area contributed by atoms with E-state index in [4.69, 9.17) is 11.6 Å². The molecule has 0 N–H and O–H groups in total. The fourth-order valence-electron chi connectivity index (χ4n) is 2.02. The van der Waals surface area contributed by atoms with Crippen LogP contribution in [0.25, 0.3) is 11.0 Å². The lowest BCUT2D eigenvalue weighted by atomic mass is 10.2. The van der Waals surface area contributed by atoms with E-state index in [2.05, 4.69) is 27.8 Å². The molecule has 2 rings (SSSR count). The molecule has 18 heavy (non-hydrogen) atoms. The third-order valence-electron chi connectivity index (χ3n) is 2.89. The Bertz CT molecular complexity index is 592. The molecule has 0 bridgehead atoms. The first-order valence-electron chi connectivity index (χ1n) is 5.90. The molecule has 0 amide bonds. The van der Waals surface area contributed by atoms with Crippen molar-refractivity contribution in [2.75, 3.05) is 12.0 Å². The van der Waals surface area contributed by atoms with Crippen LogP contribution in [0.3, 0.4) is 0 Å². The molecule has 2 unspecified atom stereocenters. The molecule has 1 aromatic heterocycles. The first-order chi connectivity index (χ1) is 8.49. The van der Waals surface area contributed by atoms with Crippen molar-refractivity contribution in [3.63, 3.8) is 0 Å². The Morgan fingerprint density at radius 3 is 2.83 bits per heavy atom. The Labute approximate surface area is 115 Å². The van der Waals surface area contributed by atoms with Gasteiger partial charge in [-0.05, 0) is 31.5 Å². The third-order valence-corrected chi connectivity index (χ3v) is 3.84. The van der Waals surface area contributed by atoms with Gasteiger partial charge in [0.2, 0.25) is 0 Å². The molecule has 3 nitrogen and oxygen atoms in total. The van der Waals surface area contributed by atoms with Crippen LogP contribution >= 0.6 is 11.6 Å². The highest BCUT2D eigenvalue weighted by Crippen LogP contribution is 2.25. The minimum Gasteiger partial charge on any atom is -0.326 e. The fourth-order valence-corrected chi connectivity index (χ4v) is 2.62. The van der Waals surface area contributed by atoms with Gasteiger partial charge in [0.15, 0.2) is 0 Å². The van der Waals surface area contributed by atoms with Crippen LogP contribution in [0.5, 0.6) is 0 Å². The smallest absolute Gasteiger partial charge is 0.127 e. The van der Waals surface area contributed by atoms with Crippen molar-refractivity contribution in [3.8, 4) is 0 Å². The average molecular weight is 285 g/mol. The van der Waals surface area contributed by atoms with Gasteiger partial charge in [0, 0.05) is 29.4 Å². The van der Waals surface area contributed by atoms with Crippen molar-refractivity contribution >= 4 is 33.4 Å². The SMILES string of the molecule is Cc1ccc2c(c1)nc(C(C)Cl)n2CCS(C)=O. The van der Waals surface area contributed by atoms with Gasteiger partial charge < -0.3 is 4.57 Å². The zero-order valence-electron chi connectivity index (χ0n) is 10.8. The zero-order valence-corrected chi connectivity index (χ0v) is 12.4. The molecule has 0 fully saturated rings. The minimum absolute atomic E-state index is 0.150. The molecular formula is C13H17ClN2OS. The number of aryl methyl sites for hydroxylation is 2. The highest BCUT2D eigenvalue weighted by atomic mass is 35.5. The highest BCUT2D eigenvalue weighted by molar-refractivity contribution is 7.84. The van der Waals surface area contributed by atoms with E-state index in [9.17, 15) is 4.21 Å². The monoisotopic (exact) mass is 284 g/mol. The molecule has 0 saturated heterocycles. The van der Waals surface area contributed by atoms with Gasteiger partial charge in [-0.25, -0.2) is 4.98 Å². The van der Waals surface area contributed by atoms with E-state index in [0.717, 1.165) is 16.9 Å². The van der Waals surface area contributed by atoms with Crippen LogP contribution in [0, 0.1) is 6.92 Å². The molecule has 2 atom stereocenters. The minimum atomic E-state index is -0.811. The molecule has 2 aromatic rings. The number of halogens is 1. The summed E-state index contributed by atoms with van der Waals surface area (Å²) < 4.78 is 13.3. The first kappa shape index (κ1) is 13.6. The van der Waals surface area contributed by atoms with Gasteiger partial charge in [0.25, 0.3) is 0 Å². The van der Waals surface area contributed by atoms with Crippen molar-refractivity contribution in [2.24, 2.45) is 0 Å². The topological polar surface area (TPSA) is 34.9 Å². The summed E-state index contributed by atoms with van der Waals surface area (Å²) in [5, 5.41) is -0.150. The van der Waals surface area contributed by atoms with E-state index in [1.165, 1.54) is 5.56 Å². The van der Waals surface area contributed by atoms with Crippen molar-refractivity contribution in [3.05, 3.63) is 29.6 Å². The second-order valence-electron chi connectivity index (χ2n) is 4.51. The molecule has 0 spiro atoms. The number of hydrogen-bond acceptors (Lipinski definition) is 2. The summed E-state index contributed by atoms with van der Waals surface area (Å²) in [6.45, 7) is 4.65. The van der Waals surface area contributed by atoms with Gasteiger partial charge >= 0.3 is 0 Å². The normalized spacial score (nSPS) is 14.9. The summed E-state index contributed by atoms with van der Waals surface area (Å²) in [4.78, 5) is 4.58. The van der Waals surface area contributed by atoms with Crippen LogP contribution in [0.4, 0.5) is 0 Å². The molecule has 0 aliphatic carbocycles. The molecule has 1 aromatic carbocycles. The van der Waals surface area contributed by atoms with Crippen molar-refractivity contribution < 1.29 is 4.21 Å². The fraction of sp³-hybridized carbons (Fsp3) is 0.462. The predicted octanol–water partition coefficient (Wildman–Crippen LogP) is 3.02. The lowest BCUT2D eigenvalue weighted by molar-refractivity contribution is 0.672. The van der Waals surface area contributed by atoms with Gasteiger partial charge in [0.1, 0.15) is 5.82 Å². The number of rotatable bonds is 4. The van der Waals surface area contributed by atoms with Gasteiger partial charge in [-0.3, -0.25) is 4.21 Å². The van der Waals surface area contributed by atoms with Crippen LogP contribution in [0.1, 0.15) is 23.7 Å². The maximum atomic E-state index is 11.3. The van der Waals surface area contributed by atoms with Gasteiger partial charge in [-0.1, -0.05) is 6.07 Å². The average Bonchev–Trinajstić information content (AvgIpc) is 2.64. The quantitative estimate of drug-likeness (QED) is 0.809. The van der Waals surface area contributed by atoms with E-state index in [-0.39, 0.29) is 5.38 Å². The second kappa shape index (κ2) is 5.41. The van der Waals surface area contributed by atoms with Crippen molar-refractivity contribution in [1.29, 1.82) is 0 Å². The summed E-state index contributed by atoms with van der Waals surface area (Å²) in [7, 11) is -0.811. The summed E-state index contributed by atoms with van der Waals surface area (Å²) in [6, 6.07) is 6.17. The lowest BCUT2D eigenvalue weighted by Crippen LogP contribution is -2.10. The van der Waals surface area contributed by atoms with Gasteiger partial charge in [-0.15, -0.1) is 11.6 Å². The molecule has 98 valence electrons. The van der Waals surface area contributed by atoms with E-state index < -0.39 is 10.8 Å². The van der Waals surface area contributed by atoms with E-state index in [1.807, 2.05) is 13.8 Å². The Balaban J connectivity index is 2.52. The largest absolute Gasteiger partial charge is 0.326 e. The summed E-state index contributed by atoms with van der Waals surface area (Å²) in [5.41, 5.74) is 3.20. The Kier molecular flexibility index (Phi) is 4.07. The van der Waals surface area contributed by atoms with Crippen LogP contribution in [-0.4, -0.2) is 25.8 Å². The maximum absolute atomic E-state index is 11.3. The molecule has 5 heteroatoms. The van der Waals surface area contributed by atoms with Crippen molar-refractivity contribution in [2.45, 2.75) is 25.8 Å². The standard InChI is InChI=1S/C13H17ClN2OS/c1-9-4-5-12-11(8-9)15-13(10(2)14)16(12)6-7-18(3)17/h4-5,8,10H,6-7H2,1-3H3. The zero-order chi connectivity index (χ0) is 13.3. The van der Waals surface area contributed by atoms with Crippen LogP contribution in [0.15, 0.2) is 18.2 Å².